The molecule has 0 saturated heterocycles. The van der Waals surface area contributed by atoms with E-state index in [-0.39, 0.29) is 37.0 Å². The Kier molecular flexibility index (Phi) is 4.90. The Morgan fingerprint density at radius 2 is 2.10 bits per heavy atom. The van der Waals surface area contributed by atoms with E-state index in [1.54, 1.807) is 13.3 Å². The summed E-state index contributed by atoms with van der Waals surface area (Å²) >= 11 is 0. The number of halogens is 1. The molecule has 7 heteroatoms. The summed E-state index contributed by atoms with van der Waals surface area (Å²) in [5.41, 5.74) is 6.65. The van der Waals surface area contributed by atoms with E-state index in [4.69, 9.17) is 15.2 Å². The van der Waals surface area contributed by atoms with E-state index in [9.17, 15) is 4.79 Å². The Morgan fingerprint density at radius 3 is 2.76 bits per heavy atom. The molecule has 0 spiro atoms. The lowest BCUT2D eigenvalue weighted by atomic mass is 9.90. The normalized spacial score (nSPS) is 24.7. The molecule has 0 unspecified atom stereocenters. The van der Waals surface area contributed by atoms with Gasteiger partial charge in [-0.25, -0.2) is 4.98 Å². The largest absolute Gasteiger partial charge is 0.495 e. The van der Waals surface area contributed by atoms with Gasteiger partial charge in [-0.1, -0.05) is 0 Å². The fraction of sp³-hybridized carbons (Fsp3) is 0.571. The quantitative estimate of drug-likeness (QED) is 0.895. The average Bonchev–Trinajstić information content (AvgIpc) is 2.48. The number of ether oxygens (including phenoxy) is 2. The standard InChI is InChI=1S/C14H19N3O3.ClH/c1-19-11-6-12-14(16-7-11)20-8-13(18)17(12)10-4-2-9(15)3-5-10;/h6-7,9-10H,2-5,8,15H2,1H3;1H. The summed E-state index contributed by atoms with van der Waals surface area (Å²) in [5, 5.41) is 0. The molecule has 0 atom stereocenters. The van der Waals surface area contributed by atoms with Crippen LogP contribution in [0.4, 0.5) is 5.69 Å². The van der Waals surface area contributed by atoms with Gasteiger partial charge in [0.05, 0.1) is 13.3 Å². The van der Waals surface area contributed by atoms with Crippen LogP contribution in [-0.4, -0.2) is 36.7 Å². The first-order chi connectivity index (χ1) is 9.69. The molecule has 0 aromatic carbocycles. The van der Waals surface area contributed by atoms with Crippen LogP contribution in [-0.2, 0) is 4.79 Å². The van der Waals surface area contributed by atoms with E-state index in [1.165, 1.54) is 0 Å². The molecule has 1 saturated carbocycles. The van der Waals surface area contributed by atoms with Crippen LogP contribution in [0.3, 0.4) is 0 Å². The number of aromatic nitrogens is 1. The minimum atomic E-state index is -0.0203. The van der Waals surface area contributed by atoms with E-state index in [0.717, 1.165) is 25.7 Å². The molecular formula is C14H20ClN3O3. The molecule has 2 N–H and O–H groups in total. The van der Waals surface area contributed by atoms with Crippen molar-refractivity contribution < 1.29 is 14.3 Å². The Balaban J connectivity index is 0.00000161. The molecule has 6 nitrogen and oxygen atoms in total. The van der Waals surface area contributed by atoms with Gasteiger partial charge in [0.1, 0.15) is 11.4 Å². The molecule has 116 valence electrons. The Hall–Kier alpha value is -1.53. The van der Waals surface area contributed by atoms with Crippen LogP contribution < -0.4 is 20.1 Å². The highest BCUT2D eigenvalue weighted by molar-refractivity contribution is 5.98. The topological polar surface area (TPSA) is 77.7 Å². The van der Waals surface area contributed by atoms with Crippen molar-refractivity contribution in [1.29, 1.82) is 0 Å². The van der Waals surface area contributed by atoms with Gasteiger partial charge >= 0.3 is 0 Å². The molecule has 3 rings (SSSR count). The molecule has 1 aromatic heterocycles. The number of anilines is 1. The zero-order valence-electron chi connectivity index (χ0n) is 11.9. The van der Waals surface area contributed by atoms with Gasteiger partial charge in [-0.05, 0) is 25.7 Å². The summed E-state index contributed by atoms with van der Waals surface area (Å²) in [4.78, 5) is 18.3. The number of hydrogen-bond donors (Lipinski definition) is 1. The van der Waals surface area contributed by atoms with Gasteiger partial charge in [0, 0.05) is 18.2 Å². The summed E-state index contributed by atoms with van der Waals surface area (Å²) in [6.07, 6.45) is 5.33. The van der Waals surface area contributed by atoms with Gasteiger partial charge in [0.25, 0.3) is 5.91 Å². The molecular weight excluding hydrogens is 294 g/mol. The highest BCUT2D eigenvalue weighted by atomic mass is 35.5. The maximum absolute atomic E-state index is 12.2. The average molecular weight is 314 g/mol. The van der Waals surface area contributed by atoms with E-state index in [0.29, 0.717) is 17.3 Å². The monoisotopic (exact) mass is 313 g/mol. The second kappa shape index (κ2) is 6.49. The number of rotatable bonds is 2. The van der Waals surface area contributed by atoms with Crippen molar-refractivity contribution in [3.8, 4) is 11.6 Å². The Bertz CT molecular complexity index is 518. The highest BCUT2D eigenvalue weighted by Gasteiger charge is 2.34. The fourth-order valence-electron chi connectivity index (χ4n) is 2.91. The zero-order chi connectivity index (χ0) is 14.1. The number of methoxy groups -OCH3 is 1. The summed E-state index contributed by atoms with van der Waals surface area (Å²) in [6.45, 7) is 0.0505. The number of amides is 1. The summed E-state index contributed by atoms with van der Waals surface area (Å²) < 4.78 is 10.6. The molecule has 1 amide bonds. The summed E-state index contributed by atoms with van der Waals surface area (Å²) in [5.74, 6) is 1.10. The van der Waals surface area contributed by atoms with Crippen molar-refractivity contribution in [2.45, 2.75) is 37.8 Å². The van der Waals surface area contributed by atoms with Crippen LogP contribution in [0.25, 0.3) is 0 Å². The minimum Gasteiger partial charge on any atom is -0.495 e. The Morgan fingerprint density at radius 1 is 1.38 bits per heavy atom. The summed E-state index contributed by atoms with van der Waals surface area (Å²) in [7, 11) is 1.58. The first kappa shape index (κ1) is 15.9. The molecule has 0 radical (unpaired) electrons. The fourth-order valence-corrected chi connectivity index (χ4v) is 2.91. The maximum Gasteiger partial charge on any atom is 0.265 e. The van der Waals surface area contributed by atoms with Crippen LogP contribution in [0.1, 0.15) is 25.7 Å². The van der Waals surface area contributed by atoms with Crippen molar-refractivity contribution in [3.05, 3.63) is 12.3 Å². The molecule has 1 aliphatic heterocycles. The molecule has 2 heterocycles. The minimum absolute atomic E-state index is 0. The zero-order valence-corrected chi connectivity index (χ0v) is 12.8. The van der Waals surface area contributed by atoms with E-state index >= 15 is 0 Å². The summed E-state index contributed by atoms with van der Waals surface area (Å²) in [6, 6.07) is 2.25. The van der Waals surface area contributed by atoms with Gasteiger partial charge in [-0.15, -0.1) is 12.4 Å². The predicted molar refractivity (Wildman–Crippen MR) is 81.2 cm³/mol. The van der Waals surface area contributed by atoms with Gasteiger partial charge in [0.2, 0.25) is 5.88 Å². The van der Waals surface area contributed by atoms with Crippen molar-refractivity contribution in [1.82, 2.24) is 4.98 Å². The van der Waals surface area contributed by atoms with E-state index < -0.39 is 0 Å². The van der Waals surface area contributed by atoms with Crippen LogP contribution >= 0.6 is 12.4 Å². The third kappa shape index (κ3) is 3.06. The maximum atomic E-state index is 12.2. The van der Waals surface area contributed by atoms with Crippen LogP contribution in [0, 0.1) is 0 Å². The van der Waals surface area contributed by atoms with Crippen molar-refractivity contribution in [2.75, 3.05) is 18.6 Å². The van der Waals surface area contributed by atoms with Crippen LogP contribution in [0.5, 0.6) is 11.6 Å². The third-order valence-electron chi connectivity index (χ3n) is 4.01. The number of hydrogen-bond acceptors (Lipinski definition) is 5. The van der Waals surface area contributed by atoms with Crippen molar-refractivity contribution in [2.24, 2.45) is 5.73 Å². The molecule has 1 aliphatic carbocycles. The molecule has 2 aliphatic rings. The number of carbonyl (C=O) groups is 1. The van der Waals surface area contributed by atoms with Crippen LogP contribution in [0.15, 0.2) is 12.3 Å². The number of nitrogens with two attached hydrogens (primary N) is 1. The molecule has 21 heavy (non-hydrogen) atoms. The smallest absolute Gasteiger partial charge is 0.265 e. The molecule has 1 fully saturated rings. The van der Waals surface area contributed by atoms with E-state index in [2.05, 4.69) is 4.98 Å². The lowest BCUT2D eigenvalue weighted by Gasteiger charge is -2.38. The van der Waals surface area contributed by atoms with Crippen LogP contribution in [0.2, 0.25) is 0 Å². The lowest BCUT2D eigenvalue weighted by Crippen LogP contribution is -2.48. The van der Waals surface area contributed by atoms with Gasteiger partial charge in [-0.3, -0.25) is 4.79 Å². The first-order valence-corrected chi connectivity index (χ1v) is 6.93. The first-order valence-electron chi connectivity index (χ1n) is 6.93. The Labute approximate surface area is 130 Å². The second-order valence-electron chi connectivity index (χ2n) is 5.32. The van der Waals surface area contributed by atoms with Crippen molar-refractivity contribution in [3.63, 3.8) is 0 Å². The van der Waals surface area contributed by atoms with Gasteiger partial charge in [-0.2, -0.15) is 0 Å². The van der Waals surface area contributed by atoms with Gasteiger partial charge < -0.3 is 20.1 Å². The van der Waals surface area contributed by atoms with E-state index in [1.807, 2.05) is 11.0 Å². The highest BCUT2D eigenvalue weighted by Crippen LogP contribution is 2.37. The van der Waals surface area contributed by atoms with Crippen molar-refractivity contribution >= 4 is 24.0 Å². The predicted octanol–water partition coefficient (Wildman–Crippen LogP) is 1.51. The number of carbonyl (C=O) groups excluding carboxylic acids is 1. The third-order valence-corrected chi connectivity index (χ3v) is 4.01. The number of fused-ring (bicyclic) bond motifs is 1. The lowest BCUT2D eigenvalue weighted by molar-refractivity contribution is -0.122. The molecule has 0 bridgehead atoms. The number of pyridine rings is 1. The van der Waals surface area contributed by atoms with Gasteiger partial charge in [0.15, 0.2) is 6.61 Å². The molecule has 1 aromatic rings. The SMILES string of the molecule is COc1cnc2c(c1)N(C1CCC(N)CC1)C(=O)CO2.Cl. The second-order valence-corrected chi connectivity index (χ2v) is 5.32. The number of nitrogens with zero attached hydrogens (tertiary/aromatic N) is 2.